The molecule has 1 fully saturated rings. The Morgan fingerprint density at radius 2 is 2.12 bits per heavy atom. The topological polar surface area (TPSA) is 51.1 Å². The fourth-order valence-corrected chi connectivity index (χ4v) is 3.81. The first kappa shape index (κ1) is 15.5. The molecule has 1 aliphatic heterocycles. The van der Waals surface area contributed by atoms with E-state index in [0.29, 0.717) is 6.61 Å². The van der Waals surface area contributed by atoms with Gasteiger partial charge in [0, 0.05) is 31.9 Å². The smallest absolute Gasteiger partial charge is 0.141 e. The van der Waals surface area contributed by atoms with Crippen LogP contribution < -0.4 is 4.90 Å². The van der Waals surface area contributed by atoms with Crippen molar-refractivity contribution in [2.45, 2.75) is 32.5 Å². The summed E-state index contributed by atoms with van der Waals surface area (Å²) in [4.78, 5) is 16.9. The zero-order chi connectivity index (χ0) is 16.4. The highest BCUT2D eigenvalue weighted by molar-refractivity contribution is 7.16. The number of aryl methyl sites for hydroxylation is 1. The van der Waals surface area contributed by atoms with Crippen molar-refractivity contribution in [2.75, 3.05) is 18.0 Å². The Bertz CT molecular complexity index is 820. The number of rotatable bonds is 5. The second-order valence-corrected chi connectivity index (χ2v) is 6.87. The van der Waals surface area contributed by atoms with Crippen molar-refractivity contribution in [2.24, 2.45) is 0 Å². The van der Waals surface area contributed by atoms with Gasteiger partial charge in [-0.25, -0.2) is 9.97 Å². The van der Waals surface area contributed by atoms with Gasteiger partial charge in [-0.15, -0.1) is 11.3 Å². The van der Waals surface area contributed by atoms with Crippen molar-refractivity contribution in [3.05, 3.63) is 47.4 Å². The van der Waals surface area contributed by atoms with E-state index in [4.69, 9.17) is 9.72 Å². The maximum absolute atomic E-state index is 6.08. The van der Waals surface area contributed by atoms with Gasteiger partial charge in [-0.2, -0.15) is 0 Å². The van der Waals surface area contributed by atoms with Gasteiger partial charge in [-0.05, 0) is 35.6 Å². The molecule has 0 amide bonds. The van der Waals surface area contributed by atoms with Crippen molar-refractivity contribution < 1.29 is 4.74 Å². The van der Waals surface area contributed by atoms with Gasteiger partial charge in [0.2, 0.25) is 0 Å². The lowest BCUT2D eigenvalue weighted by Crippen LogP contribution is -2.24. The van der Waals surface area contributed by atoms with E-state index >= 15 is 0 Å². The molecule has 3 aromatic heterocycles. The standard InChI is InChI=1S/C18H20N4OS/c1-2-16-20-17(15-6-10-24-18(15)21-16)22-9-5-14(11-22)23-12-13-3-7-19-8-4-13/h3-4,6-8,10,14H,2,5,9,11-12H2,1H3. The van der Waals surface area contributed by atoms with Crippen LogP contribution in [-0.2, 0) is 17.8 Å². The summed E-state index contributed by atoms with van der Waals surface area (Å²) in [5.74, 6) is 1.98. The van der Waals surface area contributed by atoms with Gasteiger partial charge in [-0.3, -0.25) is 4.98 Å². The lowest BCUT2D eigenvalue weighted by Gasteiger charge is -2.19. The van der Waals surface area contributed by atoms with Crippen LogP contribution >= 0.6 is 11.3 Å². The maximum atomic E-state index is 6.08. The molecule has 0 aromatic carbocycles. The number of hydrogen-bond acceptors (Lipinski definition) is 6. The number of nitrogens with zero attached hydrogens (tertiary/aromatic N) is 4. The van der Waals surface area contributed by atoms with Crippen LogP contribution in [0.4, 0.5) is 5.82 Å². The third kappa shape index (κ3) is 3.12. The van der Waals surface area contributed by atoms with Gasteiger partial charge in [0.15, 0.2) is 0 Å². The molecule has 1 aliphatic rings. The van der Waals surface area contributed by atoms with Crippen LogP contribution in [0.3, 0.4) is 0 Å². The number of ether oxygens (including phenoxy) is 1. The van der Waals surface area contributed by atoms with E-state index in [-0.39, 0.29) is 6.10 Å². The Morgan fingerprint density at radius 3 is 2.96 bits per heavy atom. The Balaban J connectivity index is 1.47. The molecule has 0 bridgehead atoms. The first-order valence-electron chi connectivity index (χ1n) is 8.33. The second kappa shape index (κ2) is 6.83. The fraction of sp³-hybridized carbons (Fsp3) is 0.389. The summed E-state index contributed by atoms with van der Waals surface area (Å²) in [7, 11) is 0. The minimum atomic E-state index is 0.242. The van der Waals surface area contributed by atoms with Gasteiger partial charge < -0.3 is 9.64 Å². The summed E-state index contributed by atoms with van der Waals surface area (Å²) in [6.07, 6.45) is 5.74. The number of thiophene rings is 1. The molecule has 5 nitrogen and oxygen atoms in total. The average molecular weight is 340 g/mol. The first-order chi connectivity index (χ1) is 11.8. The van der Waals surface area contributed by atoms with Crippen molar-refractivity contribution in [1.29, 1.82) is 0 Å². The Hall–Kier alpha value is -2.05. The SMILES string of the molecule is CCc1nc(N2CCC(OCc3ccncc3)C2)c2ccsc2n1. The first-order valence-corrected chi connectivity index (χ1v) is 9.21. The van der Waals surface area contributed by atoms with Crippen LogP contribution in [0.2, 0.25) is 0 Å². The molecular weight excluding hydrogens is 320 g/mol. The van der Waals surface area contributed by atoms with E-state index in [1.54, 1.807) is 23.7 Å². The van der Waals surface area contributed by atoms with Crippen LogP contribution in [0.5, 0.6) is 0 Å². The number of pyridine rings is 1. The minimum Gasteiger partial charge on any atom is -0.372 e. The van der Waals surface area contributed by atoms with Crippen LogP contribution in [-0.4, -0.2) is 34.1 Å². The number of hydrogen-bond donors (Lipinski definition) is 0. The molecule has 3 aromatic rings. The minimum absolute atomic E-state index is 0.242. The highest BCUT2D eigenvalue weighted by Crippen LogP contribution is 2.30. The fourth-order valence-electron chi connectivity index (χ4n) is 3.03. The van der Waals surface area contributed by atoms with Gasteiger partial charge in [0.05, 0.1) is 18.1 Å². The highest BCUT2D eigenvalue weighted by atomic mass is 32.1. The highest BCUT2D eigenvalue weighted by Gasteiger charge is 2.26. The third-order valence-electron chi connectivity index (χ3n) is 4.35. The molecule has 1 unspecified atom stereocenters. The summed E-state index contributed by atoms with van der Waals surface area (Å²) >= 11 is 1.68. The second-order valence-electron chi connectivity index (χ2n) is 5.98. The molecule has 0 spiro atoms. The molecule has 6 heteroatoms. The lowest BCUT2D eigenvalue weighted by atomic mass is 10.3. The van der Waals surface area contributed by atoms with Crippen LogP contribution in [0.1, 0.15) is 24.7 Å². The van der Waals surface area contributed by atoms with E-state index in [2.05, 4.69) is 33.2 Å². The molecule has 0 radical (unpaired) electrons. The zero-order valence-electron chi connectivity index (χ0n) is 13.7. The van der Waals surface area contributed by atoms with Crippen LogP contribution in [0.15, 0.2) is 36.0 Å². The summed E-state index contributed by atoms with van der Waals surface area (Å²) in [6, 6.07) is 6.12. The Kier molecular flexibility index (Phi) is 4.40. The van der Waals surface area contributed by atoms with E-state index in [1.807, 2.05) is 12.1 Å². The number of aromatic nitrogens is 3. The summed E-state index contributed by atoms with van der Waals surface area (Å²) < 4.78 is 6.08. The molecule has 24 heavy (non-hydrogen) atoms. The van der Waals surface area contributed by atoms with Crippen molar-refractivity contribution in [3.63, 3.8) is 0 Å². The van der Waals surface area contributed by atoms with Crippen molar-refractivity contribution >= 4 is 27.4 Å². The van der Waals surface area contributed by atoms with Gasteiger partial charge in [-0.1, -0.05) is 6.92 Å². The van der Waals surface area contributed by atoms with Gasteiger partial charge >= 0.3 is 0 Å². The predicted molar refractivity (Wildman–Crippen MR) is 96.4 cm³/mol. The average Bonchev–Trinajstić information content (AvgIpc) is 3.29. The monoisotopic (exact) mass is 340 g/mol. The summed E-state index contributed by atoms with van der Waals surface area (Å²) in [5.41, 5.74) is 1.17. The molecule has 4 rings (SSSR count). The van der Waals surface area contributed by atoms with Crippen molar-refractivity contribution in [3.8, 4) is 0 Å². The predicted octanol–water partition coefficient (Wildman–Crippen LogP) is 3.44. The zero-order valence-corrected chi connectivity index (χ0v) is 14.5. The summed E-state index contributed by atoms with van der Waals surface area (Å²) in [5, 5.41) is 3.25. The molecule has 0 aliphatic carbocycles. The van der Waals surface area contributed by atoms with Crippen LogP contribution in [0, 0.1) is 0 Å². The normalized spacial score (nSPS) is 17.7. The number of fused-ring (bicyclic) bond motifs is 1. The van der Waals surface area contributed by atoms with E-state index in [9.17, 15) is 0 Å². The quantitative estimate of drug-likeness (QED) is 0.712. The Morgan fingerprint density at radius 1 is 1.25 bits per heavy atom. The van der Waals surface area contributed by atoms with Gasteiger partial charge in [0.1, 0.15) is 16.5 Å². The maximum Gasteiger partial charge on any atom is 0.141 e. The van der Waals surface area contributed by atoms with Crippen molar-refractivity contribution in [1.82, 2.24) is 15.0 Å². The molecule has 1 saturated heterocycles. The molecule has 124 valence electrons. The molecule has 0 N–H and O–H groups in total. The lowest BCUT2D eigenvalue weighted by molar-refractivity contribution is 0.0553. The van der Waals surface area contributed by atoms with E-state index in [1.165, 1.54) is 5.56 Å². The number of anilines is 1. The largest absolute Gasteiger partial charge is 0.372 e. The molecular formula is C18H20N4OS. The van der Waals surface area contributed by atoms with Crippen LogP contribution in [0.25, 0.3) is 10.2 Å². The van der Waals surface area contributed by atoms with E-state index in [0.717, 1.165) is 47.8 Å². The Labute approximate surface area is 145 Å². The van der Waals surface area contributed by atoms with E-state index < -0.39 is 0 Å². The molecule has 0 saturated carbocycles. The molecule has 4 heterocycles. The summed E-state index contributed by atoms with van der Waals surface area (Å²) in [6.45, 7) is 4.60. The third-order valence-corrected chi connectivity index (χ3v) is 5.15. The van der Waals surface area contributed by atoms with Gasteiger partial charge in [0.25, 0.3) is 0 Å². The molecule has 1 atom stereocenters.